The van der Waals surface area contributed by atoms with Gasteiger partial charge in [-0.25, -0.2) is 8.42 Å². The summed E-state index contributed by atoms with van der Waals surface area (Å²) < 4.78 is 69.2. The molecular weight excluding hydrogens is 409 g/mol. The van der Waals surface area contributed by atoms with Gasteiger partial charge in [-0.2, -0.15) is 13.2 Å². The summed E-state index contributed by atoms with van der Waals surface area (Å²) in [5, 5.41) is 2.60. The van der Waals surface area contributed by atoms with E-state index in [0.29, 0.717) is 16.1 Å². The lowest BCUT2D eigenvalue weighted by molar-refractivity contribution is -0.137. The third-order valence-electron chi connectivity index (χ3n) is 4.14. The molecule has 0 radical (unpaired) electrons. The SMILES string of the molecule is COc1ccc(CNC(=O)[C@@H](C)N(c2cccc(C(F)(F)F)c2)S(C)(=O)=O)cc1. The monoisotopic (exact) mass is 430 g/mol. The van der Waals surface area contributed by atoms with Crippen LogP contribution in [0.4, 0.5) is 18.9 Å². The number of ether oxygens (including phenoxy) is 1. The van der Waals surface area contributed by atoms with Gasteiger partial charge in [-0.05, 0) is 42.8 Å². The molecule has 0 aliphatic heterocycles. The molecule has 0 bridgehead atoms. The second-order valence-corrected chi connectivity index (χ2v) is 8.21. The number of sulfonamides is 1. The van der Waals surface area contributed by atoms with Gasteiger partial charge in [-0.3, -0.25) is 9.10 Å². The Balaban J connectivity index is 2.22. The van der Waals surface area contributed by atoms with Gasteiger partial charge in [0.05, 0.1) is 24.6 Å². The van der Waals surface area contributed by atoms with Crippen molar-refractivity contribution in [2.24, 2.45) is 0 Å². The molecule has 158 valence electrons. The highest BCUT2D eigenvalue weighted by Gasteiger charge is 2.34. The van der Waals surface area contributed by atoms with Crippen molar-refractivity contribution >= 4 is 21.6 Å². The number of amides is 1. The fourth-order valence-electron chi connectivity index (χ4n) is 2.71. The Hall–Kier alpha value is -2.75. The normalized spacial score (nSPS) is 12.9. The third kappa shape index (κ3) is 5.86. The molecule has 0 fully saturated rings. The van der Waals surface area contributed by atoms with Crippen LogP contribution in [-0.4, -0.2) is 33.7 Å². The highest BCUT2D eigenvalue weighted by Crippen LogP contribution is 2.32. The van der Waals surface area contributed by atoms with Crippen LogP contribution in [-0.2, 0) is 27.5 Å². The van der Waals surface area contributed by atoms with E-state index in [9.17, 15) is 26.4 Å². The van der Waals surface area contributed by atoms with Crippen LogP contribution in [0, 0.1) is 0 Å². The highest BCUT2D eigenvalue weighted by molar-refractivity contribution is 7.92. The minimum Gasteiger partial charge on any atom is -0.497 e. The van der Waals surface area contributed by atoms with E-state index >= 15 is 0 Å². The summed E-state index contributed by atoms with van der Waals surface area (Å²) in [7, 11) is -2.51. The second kappa shape index (κ2) is 8.73. The first-order valence-electron chi connectivity index (χ1n) is 8.51. The van der Waals surface area contributed by atoms with E-state index < -0.39 is 33.7 Å². The number of hydrogen-bond acceptors (Lipinski definition) is 4. The Bertz CT molecular complexity index is 960. The van der Waals surface area contributed by atoms with Crippen LogP contribution < -0.4 is 14.4 Å². The predicted octanol–water partition coefficient (Wildman–Crippen LogP) is 3.18. The van der Waals surface area contributed by atoms with E-state index in [-0.39, 0.29) is 12.2 Å². The molecule has 1 N–H and O–H groups in total. The van der Waals surface area contributed by atoms with Crippen molar-refractivity contribution in [3.63, 3.8) is 0 Å². The van der Waals surface area contributed by atoms with Crippen molar-refractivity contribution in [1.82, 2.24) is 5.32 Å². The zero-order valence-corrected chi connectivity index (χ0v) is 16.8. The number of carbonyl (C=O) groups is 1. The summed E-state index contributed by atoms with van der Waals surface area (Å²) in [6.07, 6.45) is -3.81. The van der Waals surface area contributed by atoms with Gasteiger partial charge in [0.1, 0.15) is 11.8 Å². The first-order valence-corrected chi connectivity index (χ1v) is 10.4. The molecule has 0 aromatic heterocycles. The van der Waals surface area contributed by atoms with Crippen LogP contribution in [0.5, 0.6) is 5.75 Å². The van der Waals surface area contributed by atoms with Gasteiger partial charge in [-0.1, -0.05) is 18.2 Å². The summed E-state index contributed by atoms with van der Waals surface area (Å²) in [4.78, 5) is 12.5. The van der Waals surface area contributed by atoms with E-state index in [4.69, 9.17) is 4.74 Å². The standard InChI is InChI=1S/C19H21F3N2O4S/c1-13(18(25)23-12-14-7-9-17(28-2)10-8-14)24(29(3,26)27)16-6-4-5-15(11-16)19(20,21)22/h4-11,13H,12H2,1-3H3,(H,23,25)/t13-/m1/s1. The van der Waals surface area contributed by atoms with E-state index in [1.54, 1.807) is 24.3 Å². The van der Waals surface area contributed by atoms with Crippen molar-refractivity contribution in [1.29, 1.82) is 0 Å². The Morgan fingerprint density at radius 3 is 2.31 bits per heavy atom. The lowest BCUT2D eigenvalue weighted by atomic mass is 10.1. The maximum absolute atomic E-state index is 13.0. The number of hydrogen-bond donors (Lipinski definition) is 1. The second-order valence-electron chi connectivity index (χ2n) is 6.35. The zero-order chi connectivity index (χ0) is 21.8. The maximum atomic E-state index is 13.0. The molecule has 2 aromatic carbocycles. The molecule has 29 heavy (non-hydrogen) atoms. The number of rotatable bonds is 7. The van der Waals surface area contributed by atoms with Gasteiger partial charge < -0.3 is 10.1 Å². The van der Waals surface area contributed by atoms with Gasteiger partial charge >= 0.3 is 6.18 Å². The third-order valence-corrected chi connectivity index (χ3v) is 5.38. The van der Waals surface area contributed by atoms with Gasteiger partial charge in [0.15, 0.2) is 0 Å². The molecule has 0 heterocycles. The van der Waals surface area contributed by atoms with Crippen molar-refractivity contribution in [3.8, 4) is 5.75 Å². The predicted molar refractivity (Wildman–Crippen MR) is 103 cm³/mol. The summed E-state index contributed by atoms with van der Waals surface area (Å²) in [5.74, 6) is -0.00935. The number of nitrogens with one attached hydrogen (secondary N) is 1. The molecule has 1 atom stereocenters. The van der Waals surface area contributed by atoms with Crippen LogP contribution in [0.2, 0.25) is 0 Å². The Kier molecular flexibility index (Phi) is 6.78. The number of methoxy groups -OCH3 is 1. The minimum atomic E-state index is -4.64. The molecule has 0 aliphatic rings. The average molecular weight is 430 g/mol. The first kappa shape index (κ1) is 22.5. The molecule has 2 rings (SSSR count). The van der Waals surface area contributed by atoms with Gasteiger partial charge in [0.2, 0.25) is 15.9 Å². The summed E-state index contributed by atoms with van der Waals surface area (Å²) in [6.45, 7) is 1.43. The van der Waals surface area contributed by atoms with Crippen molar-refractivity contribution in [3.05, 3.63) is 59.7 Å². The van der Waals surface area contributed by atoms with Crippen LogP contribution in [0.25, 0.3) is 0 Å². The molecule has 10 heteroatoms. The lowest BCUT2D eigenvalue weighted by Gasteiger charge is -2.28. The Morgan fingerprint density at radius 1 is 1.17 bits per heavy atom. The van der Waals surface area contributed by atoms with Gasteiger partial charge in [-0.15, -0.1) is 0 Å². The summed E-state index contributed by atoms with van der Waals surface area (Å²) >= 11 is 0. The van der Waals surface area contributed by atoms with Crippen molar-refractivity contribution in [2.75, 3.05) is 17.7 Å². The molecule has 0 unspecified atom stereocenters. The van der Waals surface area contributed by atoms with Crippen molar-refractivity contribution in [2.45, 2.75) is 25.7 Å². The van der Waals surface area contributed by atoms with E-state index in [2.05, 4.69) is 5.32 Å². The number of nitrogens with zero attached hydrogens (tertiary/aromatic N) is 1. The molecule has 0 saturated heterocycles. The maximum Gasteiger partial charge on any atom is 0.416 e. The molecule has 0 aliphatic carbocycles. The summed E-state index contributed by atoms with van der Waals surface area (Å²) in [6, 6.07) is 9.45. The van der Waals surface area contributed by atoms with Gasteiger partial charge in [0.25, 0.3) is 0 Å². The van der Waals surface area contributed by atoms with Crippen LogP contribution in [0.3, 0.4) is 0 Å². The van der Waals surface area contributed by atoms with Crippen LogP contribution in [0.15, 0.2) is 48.5 Å². The largest absolute Gasteiger partial charge is 0.497 e. The number of carbonyl (C=O) groups excluding carboxylic acids is 1. The number of anilines is 1. The molecule has 1 amide bonds. The molecule has 0 spiro atoms. The molecule has 0 saturated carbocycles. The van der Waals surface area contributed by atoms with Crippen molar-refractivity contribution < 1.29 is 31.1 Å². The smallest absolute Gasteiger partial charge is 0.416 e. The topological polar surface area (TPSA) is 75.7 Å². The van der Waals surface area contributed by atoms with Crippen LogP contribution in [0.1, 0.15) is 18.1 Å². The fraction of sp³-hybridized carbons (Fsp3) is 0.316. The number of alkyl halides is 3. The number of halogens is 3. The minimum absolute atomic E-state index is 0.118. The zero-order valence-electron chi connectivity index (χ0n) is 16.0. The lowest BCUT2D eigenvalue weighted by Crippen LogP contribution is -2.47. The summed E-state index contributed by atoms with van der Waals surface area (Å²) in [5.41, 5.74) is -0.500. The van der Waals surface area contributed by atoms with E-state index in [1.165, 1.54) is 20.1 Å². The van der Waals surface area contributed by atoms with E-state index in [0.717, 1.165) is 24.0 Å². The number of benzene rings is 2. The molecule has 2 aromatic rings. The average Bonchev–Trinajstić information content (AvgIpc) is 2.65. The molecular formula is C19H21F3N2O4S. The van der Waals surface area contributed by atoms with Gasteiger partial charge in [0, 0.05) is 6.54 Å². The van der Waals surface area contributed by atoms with Crippen LogP contribution >= 0.6 is 0 Å². The highest BCUT2D eigenvalue weighted by atomic mass is 32.2. The quantitative estimate of drug-likeness (QED) is 0.732. The Morgan fingerprint density at radius 2 is 1.79 bits per heavy atom. The molecule has 6 nitrogen and oxygen atoms in total. The Labute approximate surface area is 167 Å². The first-order chi connectivity index (χ1) is 13.4. The van der Waals surface area contributed by atoms with E-state index in [1.807, 2.05) is 0 Å². The fourth-order valence-corrected chi connectivity index (χ4v) is 3.88.